The van der Waals surface area contributed by atoms with Crippen molar-refractivity contribution in [1.82, 2.24) is 20.1 Å². The van der Waals surface area contributed by atoms with Crippen LogP contribution < -0.4 is 5.32 Å². The van der Waals surface area contributed by atoms with Gasteiger partial charge in [-0.2, -0.15) is 0 Å². The molecule has 118 valence electrons. The first kappa shape index (κ1) is 15.2. The van der Waals surface area contributed by atoms with Gasteiger partial charge in [0.05, 0.1) is 12.0 Å². The quantitative estimate of drug-likeness (QED) is 0.922. The molecule has 1 N–H and O–H groups in total. The van der Waals surface area contributed by atoms with Gasteiger partial charge in [-0.1, -0.05) is 25.3 Å². The van der Waals surface area contributed by atoms with E-state index in [1.54, 1.807) is 17.7 Å². The van der Waals surface area contributed by atoms with Crippen LogP contribution in [0.5, 0.6) is 0 Å². The normalized spacial score (nSPS) is 17.3. The third kappa shape index (κ3) is 2.79. The molecule has 0 unspecified atom stereocenters. The van der Waals surface area contributed by atoms with Gasteiger partial charge in [0.2, 0.25) is 5.91 Å². The van der Waals surface area contributed by atoms with Gasteiger partial charge < -0.3 is 9.88 Å². The second kappa shape index (κ2) is 6.60. The van der Waals surface area contributed by atoms with Crippen LogP contribution in [0, 0.1) is 0 Å². The predicted octanol–water partition coefficient (Wildman–Crippen LogP) is 2.88. The van der Waals surface area contributed by atoms with Gasteiger partial charge in [0.25, 0.3) is 0 Å². The number of carbonyl (C=O) groups is 1. The van der Waals surface area contributed by atoms with E-state index < -0.39 is 0 Å². The van der Waals surface area contributed by atoms with E-state index in [0.717, 1.165) is 38.1 Å². The standard InChI is InChI=1S/C16H22N4OS/c1-2-20-12-18-19-14(20)11-17-15(21)16(8-4-3-5-9-16)13-7-6-10-22-13/h6-7,10,12H,2-5,8-9,11H2,1H3,(H,17,21). The number of nitrogens with zero attached hydrogens (tertiary/aromatic N) is 3. The molecule has 0 aromatic carbocycles. The Morgan fingerprint density at radius 1 is 1.41 bits per heavy atom. The molecule has 1 aliphatic rings. The number of carbonyl (C=O) groups excluding carboxylic acids is 1. The molecule has 1 saturated carbocycles. The number of nitrogens with one attached hydrogen (secondary N) is 1. The minimum atomic E-state index is -0.344. The largest absolute Gasteiger partial charge is 0.348 e. The van der Waals surface area contributed by atoms with Gasteiger partial charge in [0.15, 0.2) is 5.82 Å². The van der Waals surface area contributed by atoms with Crippen molar-refractivity contribution in [2.75, 3.05) is 0 Å². The molecule has 0 bridgehead atoms. The summed E-state index contributed by atoms with van der Waals surface area (Å²) in [5.74, 6) is 0.952. The molecule has 2 heterocycles. The lowest BCUT2D eigenvalue weighted by Crippen LogP contribution is -2.45. The SMILES string of the molecule is CCn1cnnc1CNC(=O)C1(c2cccs2)CCCCC1. The minimum Gasteiger partial charge on any atom is -0.348 e. The second-order valence-electron chi connectivity index (χ2n) is 5.84. The molecule has 3 rings (SSSR count). The van der Waals surface area contributed by atoms with Gasteiger partial charge in [-0.3, -0.25) is 4.79 Å². The van der Waals surface area contributed by atoms with Crippen molar-refractivity contribution in [3.8, 4) is 0 Å². The maximum Gasteiger partial charge on any atom is 0.231 e. The molecule has 2 aromatic rings. The van der Waals surface area contributed by atoms with Crippen LogP contribution in [0.15, 0.2) is 23.8 Å². The fourth-order valence-corrected chi connectivity index (χ4v) is 4.28. The molecule has 0 radical (unpaired) electrons. The highest BCUT2D eigenvalue weighted by Gasteiger charge is 2.41. The highest BCUT2D eigenvalue weighted by Crippen LogP contribution is 2.41. The fraction of sp³-hybridized carbons (Fsp3) is 0.562. The van der Waals surface area contributed by atoms with E-state index in [4.69, 9.17) is 0 Å². The first-order chi connectivity index (χ1) is 10.8. The van der Waals surface area contributed by atoms with Gasteiger partial charge in [-0.05, 0) is 31.2 Å². The summed E-state index contributed by atoms with van der Waals surface area (Å²) in [6.45, 7) is 3.30. The molecular formula is C16H22N4OS. The molecular weight excluding hydrogens is 296 g/mol. The maximum atomic E-state index is 13.0. The van der Waals surface area contributed by atoms with Crippen molar-refractivity contribution >= 4 is 17.2 Å². The lowest BCUT2D eigenvalue weighted by Gasteiger charge is -2.35. The van der Waals surface area contributed by atoms with Crippen molar-refractivity contribution < 1.29 is 4.79 Å². The van der Waals surface area contributed by atoms with E-state index in [1.807, 2.05) is 17.6 Å². The third-order valence-electron chi connectivity index (χ3n) is 4.58. The zero-order valence-corrected chi connectivity index (χ0v) is 13.7. The Morgan fingerprint density at radius 3 is 2.91 bits per heavy atom. The molecule has 5 nitrogen and oxygen atoms in total. The van der Waals surface area contributed by atoms with E-state index in [9.17, 15) is 4.79 Å². The van der Waals surface area contributed by atoms with Gasteiger partial charge >= 0.3 is 0 Å². The summed E-state index contributed by atoms with van der Waals surface area (Å²) in [6.07, 6.45) is 7.06. The minimum absolute atomic E-state index is 0.139. The topological polar surface area (TPSA) is 59.8 Å². The molecule has 1 amide bonds. The Bertz CT molecular complexity index is 614. The molecule has 2 aromatic heterocycles. The van der Waals surface area contributed by atoms with Crippen molar-refractivity contribution in [3.05, 3.63) is 34.5 Å². The number of thiophene rings is 1. The van der Waals surface area contributed by atoms with Crippen molar-refractivity contribution in [2.45, 2.75) is 57.5 Å². The van der Waals surface area contributed by atoms with E-state index in [2.05, 4.69) is 27.0 Å². The smallest absolute Gasteiger partial charge is 0.231 e. The van der Waals surface area contributed by atoms with E-state index >= 15 is 0 Å². The number of aromatic nitrogens is 3. The number of hydrogen-bond acceptors (Lipinski definition) is 4. The Kier molecular flexibility index (Phi) is 4.57. The highest BCUT2D eigenvalue weighted by atomic mass is 32.1. The van der Waals surface area contributed by atoms with Crippen LogP contribution in [0.2, 0.25) is 0 Å². The van der Waals surface area contributed by atoms with Crippen molar-refractivity contribution in [2.24, 2.45) is 0 Å². The molecule has 0 aliphatic heterocycles. The zero-order chi connectivity index (χ0) is 15.4. The van der Waals surface area contributed by atoms with Crippen LogP contribution in [0.4, 0.5) is 0 Å². The van der Waals surface area contributed by atoms with Gasteiger partial charge in [0, 0.05) is 11.4 Å². The predicted molar refractivity (Wildman–Crippen MR) is 86.6 cm³/mol. The Morgan fingerprint density at radius 2 is 2.23 bits per heavy atom. The zero-order valence-electron chi connectivity index (χ0n) is 12.9. The van der Waals surface area contributed by atoms with E-state index in [0.29, 0.717) is 6.54 Å². The van der Waals surface area contributed by atoms with Gasteiger partial charge in [-0.15, -0.1) is 21.5 Å². The van der Waals surface area contributed by atoms with Crippen LogP contribution in [-0.4, -0.2) is 20.7 Å². The Hall–Kier alpha value is -1.69. The average molecular weight is 318 g/mol. The molecule has 0 atom stereocenters. The number of aryl methyl sites for hydroxylation is 1. The Labute approximate surface area is 134 Å². The summed E-state index contributed by atoms with van der Waals surface area (Å²) in [7, 11) is 0. The Balaban J connectivity index is 1.76. The lowest BCUT2D eigenvalue weighted by atomic mass is 9.72. The molecule has 1 aliphatic carbocycles. The van der Waals surface area contributed by atoms with Crippen LogP contribution in [0.25, 0.3) is 0 Å². The summed E-state index contributed by atoms with van der Waals surface area (Å²) in [6, 6.07) is 4.14. The summed E-state index contributed by atoms with van der Waals surface area (Å²) in [5, 5.41) is 13.2. The van der Waals surface area contributed by atoms with Crippen molar-refractivity contribution in [3.63, 3.8) is 0 Å². The first-order valence-electron chi connectivity index (χ1n) is 7.95. The summed E-state index contributed by atoms with van der Waals surface area (Å²) >= 11 is 1.69. The van der Waals surface area contributed by atoms with Crippen LogP contribution in [0.3, 0.4) is 0 Å². The summed E-state index contributed by atoms with van der Waals surface area (Å²) in [5.41, 5.74) is -0.344. The maximum absolute atomic E-state index is 13.0. The highest BCUT2D eigenvalue weighted by molar-refractivity contribution is 7.10. The summed E-state index contributed by atoms with van der Waals surface area (Å²) in [4.78, 5) is 14.1. The molecule has 22 heavy (non-hydrogen) atoms. The van der Waals surface area contributed by atoms with Crippen molar-refractivity contribution in [1.29, 1.82) is 0 Å². The van der Waals surface area contributed by atoms with E-state index in [-0.39, 0.29) is 11.3 Å². The van der Waals surface area contributed by atoms with Gasteiger partial charge in [-0.25, -0.2) is 0 Å². The lowest BCUT2D eigenvalue weighted by molar-refractivity contribution is -0.128. The van der Waals surface area contributed by atoms with Crippen LogP contribution >= 0.6 is 11.3 Å². The van der Waals surface area contributed by atoms with Crippen LogP contribution in [0.1, 0.15) is 49.7 Å². The average Bonchev–Trinajstić information content (AvgIpc) is 3.24. The molecule has 0 spiro atoms. The third-order valence-corrected chi connectivity index (χ3v) is 5.65. The van der Waals surface area contributed by atoms with Gasteiger partial charge in [0.1, 0.15) is 6.33 Å². The monoisotopic (exact) mass is 318 g/mol. The number of hydrogen-bond donors (Lipinski definition) is 1. The van der Waals surface area contributed by atoms with Crippen LogP contribution in [-0.2, 0) is 23.3 Å². The molecule has 0 saturated heterocycles. The summed E-state index contributed by atoms with van der Waals surface area (Å²) < 4.78 is 1.96. The second-order valence-corrected chi connectivity index (χ2v) is 6.78. The number of rotatable bonds is 5. The molecule has 6 heteroatoms. The van der Waals surface area contributed by atoms with E-state index in [1.165, 1.54) is 11.3 Å². The first-order valence-corrected chi connectivity index (χ1v) is 8.83. The fourth-order valence-electron chi connectivity index (χ4n) is 3.30. The number of amides is 1. The molecule has 1 fully saturated rings.